The van der Waals surface area contributed by atoms with E-state index in [-0.39, 0.29) is 11.9 Å². The van der Waals surface area contributed by atoms with Gasteiger partial charge in [-0.2, -0.15) is 0 Å². The van der Waals surface area contributed by atoms with Gasteiger partial charge >= 0.3 is 0 Å². The standard InChI is InChI=1S/C24H31N3O3/c1-4-15-30-23-11-5-20(6-12-23)18-26(3)19(2)24(28)25-21-7-9-22(10-8-21)27-13-16-29-17-14-27/h4-12,19H,1,13-18H2,2-3H3,(H,25,28). The van der Waals surface area contributed by atoms with Gasteiger partial charge in [0.05, 0.1) is 19.3 Å². The van der Waals surface area contributed by atoms with Crippen molar-refractivity contribution in [1.82, 2.24) is 4.90 Å². The van der Waals surface area contributed by atoms with Crippen LogP contribution in [0.4, 0.5) is 11.4 Å². The molecule has 1 unspecified atom stereocenters. The van der Waals surface area contributed by atoms with E-state index in [4.69, 9.17) is 9.47 Å². The van der Waals surface area contributed by atoms with Gasteiger partial charge in [0.1, 0.15) is 12.4 Å². The number of rotatable bonds is 9. The molecule has 6 heteroatoms. The number of carbonyl (C=O) groups excluding carboxylic acids is 1. The number of amides is 1. The Bertz CT molecular complexity index is 815. The molecular formula is C24H31N3O3. The Labute approximate surface area is 179 Å². The lowest BCUT2D eigenvalue weighted by Crippen LogP contribution is -2.39. The third kappa shape index (κ3) is 6.08. The second-order valence-corrected chi connectivity index (χ2v) is 7.47. The summed E-state index contributed by atoms with van der Waals surface area (Å²) in [5, 5.41) is 3.02. The van der Waals surface area contributed by atoms with Crippen LogP contribution in [0.2, 0.25) is 0 Å². The summed E-state index contributed by atoms with van der Waals surface area (Å²) >= 11 is 0. The average Bonchev–Trinajstić information content (AvgIpc) is 2.79. The summed E-state index contributed by atoms with van der Waals surface area (Å²) in [5.74, 6) is 0.787. The first-order chi connectivity index (χ1) is 14.6. The van der Waals surface area contributed by atoms with E-state index in [1.54, 1.807) is 6.08 Å². The van der Waals surface area contributed by atoms with Gasteiger partial charge in [0.25, 0.3) is 0 Å². The second kappa shape index (κ2) is 10.8. The van der Waals surface area contributed by atoms with E-state index >= 15 is 0 Å². The molecule has 30 heavy (non-hydrogen) atoms. The largest absolute Gasteiger partial charge is 0.490 e. The zero-order chi connectivity index (χ0) is 21.3. The van der Waals surface area contributed by atoms with Crippen LogP contribution in [0.15, 0.2) is 61.2 Å². The van der Waals surface area contributed by atoms with Gasteiger partial charge in [0.2, 0.25) is 5.91 Å². The summed E-state index contributed by atoms with van der Waals surface area (Å²) in [5.41, 5.74) is 3.08. The number of carbonyl (C=O) groups is 1. The first kappa shape index (κ1) is 21.9. The number of hydrogen-bond acceptors (Lipinski definition) is 5. The van der Waals surface area contributed by atoms with E-state index in [2.05, 4.69) is 16.8 Å². The molecular weight excluding hydrogens is 378 g/mol. The van der Waals surface area contributed by atoms with E-state index < -0.39 is 0 Å². The van der Waals surface area contributed by atoms with Crippen molar-refractivity contribution in [2.75, 3.05) is 50.2 Å². The van der Waals surface area contributed by atoms with E-state index in [0.717, 1.165) is 49.0 Å². The lowest BCUT2D eigenvalue weighted by Gasteiger charge is -2.29. The normalized spacial score (nSPS) is 15.0. The number of ether oxygens (including phenoxy) is 2. The van der Waals surface area contributed by atoms with Crippen LogP contribution < -0.4 is 15.0 Å². The van der Waals surface area contributed by atoms with Gasteiger partial charge in [-0.3, -0.25) is 9.69 Å². The van der Waals surface area contributed by atoms with Crippen LogP contribution in [-0.4, -0.2) is 56.8 Å². The molecule has 160 valence electrons. The smallest absolute Gasteiger partial charge is 0.241 e. The molecule has 0 radical (unpaired) electrons. The van der Waals surface area contributed by atoms with Gasteiger partial charge < -0.3 is 19.7 Å². The molecule has 1 N–H and O–H groups in total. The monoisotopic (exact) mass is 409 g/mol. The van der Waals surface area contributed by atoms with Crippen molar-refractivity contribution in [2.24, 2.45) is 0 Å². The number of hydrogen-bond donors (Lipinski definition) is 1. The van der Waals surface area contributed by atoms with Gasteiger partial charge in [-0.05, 0) is 55.9 Å². The predicted octanol–water partition coefficient (Wildman–Crippen LogP) is 3.55. The Morgan fingerprint density at radius 2 is 1.87 bits per heavy atom. The topological polar surface area (TPSA) is 54.0 Å². The Kier molecular flexibility index (Phi) is 7.88. The highest BCUT2D eigenvalue weighted by molar-refractivity contribution is 5.94. The quantitative estimate of drug-likeness (QED) is 0.642. The molecule has 1 aliphatic heterocycles. The highest BCUT2D eigenvalue weighted by atomic mass is 16.5. The maximum absolute atomic E-state index is 12.7. The van der Waals surface area contributed by atoms with E-state index in [0.29, 0.717) is 13.2 Å². The molecule has 0 aromatic heterocycles. The van der Waals surface area contributed by atoms with Crippen LogP contribution in [0, 0.1) is 0 Å². The number of anilines is 2. The second-order valence-electron chi connectivity index (χ2n) is 7.47. The number of likely N-dealkylation sites (N-methyl/N-ethyl adjacent to an activating group) is 1. The first-order valence-electron chi connectivity index (χ1n) is 10.3. The molecule has 2 aromatic carbocycles. The van der Waals surface area contributed by atoms with Crippen molar-refractivity contribution in [3.63, 3.8) is 0 Å². The number of nitrogens with zero attached hydrogens (tertiary/aromatic N) is 2. The summed E-state index contributed by atoms with van der Waals surface area (Å²) in [6.45, 7) is 10.0. The molecule has 0 aliphatic carbocycles. The van der Waals surface area contributed by atoms with E-state index in [1.807, 2.05) is 67.4 Å². The molecule has 1 aliphatic rings. The van der Waals surface area contributed by atoms with Crippen molar-refractivity contribution in [2.45, 2.75) is 19.5 Å². The van der Waals surface area contributed by atoms with Crippen molar-refractivity contribution >= 4 is 17.3 Å². The zero-order valence-corrected chi connectivity index (χ0v) is 17.8. The molecule has 1 fully saturated rings. The molecule has 1 saturated heterocycles. The van der Waals surface area contributed by atoms with Crippen molar-refractivity contribution in [1.29, 1.82) is 0 Å². The van der Waals surface area contributed by atoms with Gasteiger partial charge in [-0.25, -0.2) is 0 Å². The number of benzene rings is 2. The van der Waals surface area contributed by atoms with Gasteiger partial charge in [0, 0.05) is 31.0 Å². The minimum absolute atomic E-state index is 0.0254. The third-order valence-electron chi connectivity index (χ3n) is 5.27. The summed E-state index contributed by atoms with van der Waals surface area (Å²) in [7, 11) is 1.95. The zero-order valence-electron chi connectivity index (χ0n) is 17.8. The SMILES string of the molecule is C=CCOc1ccc(CN(C)C(C)C(=O)Nc2ccc(N3CCOCC3)cc2)cc1. The maximum Gasteiger partial charge on any atom is 0.241 e. The minimum atomic E-state index is -0.263. The van der Waals surface area contributed by atoms with Gasteiger partial charge in [-0.15, -0.1) is 0 Å². The fourth-order valence-electron chi connectivity index (χ4n) is 3.30. The van der Waals surface area contributed by atoms with Crippen molar-refractivity contribution in [3.05, 3.63) is 66.7 Å². The molecule has 0 spiro atoms. The Morgan fingerprint density at radius 3 is 2.50 bits per heavy atom. The van der Waals surface area contributed by atoms with E-state index in [1.165, 1.54) is 0 Å². The lowest BCUT2D eigenvalue weighted by molar-refractivity contribution is -0.120. The fraction of sp³-hybridized carbons (Fsp3) is 0.375. The van der Waals surface area contributed by atoms with Crippen LogP contribution in [0.5, 0.6) is 5.75 Å². The van der Waals surface area contributed by atoms with Crippen molar-refractivity contribution < 1.29 is 14.3 Å². The van der Waals surface area contributed by atoms with Crippen LogP contribution in [0.1, 0.15) is 12.5 Å². The molecule has 1 heterocycles. The van der Waals surface area contributed by atoms with Crippen LogP contribution in [0.25, 0.3) is 0 Å². The molecule has 1 atom stereocenters. The first-order valence-corrected chi connectivity index (χ1v) is 10.3. The van der Waals surface area contributed by atoms with Crippen molar-refractivity contribution in [3.8, 4) is 5.75 Å². The predicted molar refractivity (Wildman–Crippen MR) is 121 cm³/mol. The molecule has 3 rings (SSSR count). The lowest BCUT2D eigenvalue weighted by atomic mass is 10.1. The summed E-state index contributed by atoms with van der Waals surface area (Å²) < 4.78 is 10.9. The number of morpholine rings is 1. The average molecular weight is 410 g/mol. The molecule has 6 nitrogen and oxygen atoms in total. The van der Waals surface area contributed by atoms with E-state index in [9.17, 15) is 4.79 Å². The van der Waals surface area contributed by atoms with Crippen LogP contribution in [0.3, 0.4) is 0 Å². The Balaban J connectivity index is 1.51. The summed E-state index contributed by atoms with van der Waals surface area (Å²) in [6.07, 6.45) is 1.72. The minimum Gasteiger partial charge on any atom is -0.490 e. The fourth-order valence-corrected chi connectivity index (χ4v) is 3.30. The molecule has 0 bridgehead atoms. The molecule has 1 amide bonds. The maximum atomic E-state index is 12.7. The highest BCUT2D eigenvalue weighted by Crippen LogP contribution is 2.20. The molecule has 0 saturated carbocycles. The van der Waals surface area contributed by atoms with Gasteiger partial charge in [0.15, 0.2) is 0 Å². The highest BCUT2D eigenvalue weighted by Gasteiger charge is 2.19. The van der Waals surface area contributed by atoms with Crippen LogP contribution >= 0.6 is 0 Å². The Morgan fingerprint density at radius 1 is 1.20 bits per heavy atom. The number of nitrogens with one attached hydrogen (secondary N) is 1. The third-order valence-corrected chi connectivity index (χ3v) is 5.27. The van der Waals surface area contributed by atoms with Crippen LogP contribution in [-0.2, 0) is 16.1 Å². The van der Waals surface area contributed by atoms with Gasteiger partial charge in [-0.1, -0.05) is 24.8 Å². The molecule has 2 aromatic rings. The Hall–Kier alpha value is -2.83. The summed E-state index contributed by atoms with van der Waals surface area (Å²) in [6, 6.07) is 15.7. The summed E-state index contributed by atoms with van der Waals surface area (Å²) in [4.78, 5) is 17.0.